The fourth-order valence-electron chi connectivity index (χ4n) is 2.13. The van der Waals surface area contributed by atoms with Crippen LogP contribution in [0.2, 0.25) is 0 Å². The minimum atomic E-state index is -0.397. The van der Waals surface area contributed by atoms with Gasteiger partial charge in [0.05, 0.1) is 0 Å². The van der Waals surface area contributed by atoms with E-state index < -0.39 is 5.60 Å². The van der Waals surface area contributed by atoms with E-state index in [0.29, 0.717) is 12.1 Å². The highest BCUT2D eigenvalue weighted by Crippen LogP contribution is 2.28. The molecule has 0 bridgehead atoms. The van der Waals surface area contributed by atoms with Crippen LogP contribution in [0.3, 0.4) is 0 Å². The number of carbonyl (C=O) groups is 1. The monoisotopic (exact) mass is 254 g/mol. The summed E-state index contributed by atoms with van der Waals surface area (Å²) in [5, 5.41) is 3.50. The lowest BCUT2D eigenvalue weighted by Gasteiger charge is -2.30. The number of rotatable bonds is 5. The number of amides is 1. The third kappa shape index (κ3) is 4.16. The van der Waals surface area contributed by atoms with Gasteiger partial charge in [0.2, 0.25) is 0 Å². The highest BCUT2D eigenvalue weighted by atomic mass is 16.6. The molecule has 0 aliphatic heterocycles. The zero-order chi connectivity index (χ0) is 13.2. The van der Waals surface area contributed by atoms with Gasteiger partial charge in [-0.15, -0.1) is 0 Å². The quantitative estimate of drug-likeness (QED) is 0.819. The van der Waals surface area contributed by atoms with E-state index in [1.54, 1.807) is 0 Å². The zero-order valence-electron chi connectivity index (χ0n) is 11.9. The summed E-state index contributed by atoms with van der Waals surface area (Å²) in [5.74, 6) is 0. The fraction of sp³-hybridized carbons (Fsp3) is 0.929. The van der Waals surface area contributed by atoms with Gasteiger partial charge in [0.25, 0.3) is 0 Å². The average Bonchev–Trinajstić information content (AvgIpc) is 2.95. The number of hydrogen-bond acceptors (Lipinski definition) is 3. The first-order valence-corrected chi connectivity index (χ1v) is 7.19. The van der Waals surface area contributed by atoms with Gasteiger partial charge in [-0.1, -0.05) is 6.42 Å². The van der Waals surface area contributed by atoms with Crippen molar-refractivity contribution in [2.45, 2.75) is 70.6 Å². The topological polar surface area (TPSA) is 41.6 Å². The summed E-state index contributed by atoms with van der Waals surface area (Å²) in [6, 6.07) is 1.10. The molecule has 0 aromatic heterocycles. The molecule has 2 rings (SSSR count). The van der Waals surface area contributed by atoms with Crippen LogP contribution in [-0.4, -0.2) is 41.8 Å². The Balaban J connectivity index is 1.74. The van der Waals surface area contributed by atoms with Crippen LogP contribution in [-0.2, 0) is 4.74 Å². The number of carbonyl (C=O) groups excluding carboxylic acids is 1. The molecule has 2 aliphatic rings. The second kappa shape index (κ2) is 5.47. The third-order valence-corrected chi connectivity index (χ3v) is 3.51. The Hall–Kier alpha value is -0.770. The minimum absolute atomic E-state index is 0.152. The van der Waals surface area contributed by atoms with Crippen molar-refractivity contribution >= 4 is 6.09 Å². The van der Waals surface area contributed by atoms with E-state index in [4.69, 9.17) is 4.74 Å². The molecular formula is C14H26N2O2. The van der Waals surface area contributed by atoms with Crippen LogP contribution in [0, 0.1) is 0 Å². The van der Waals surface area contributed by atoms with E-state index in [-0.39, 0.29) is 6.09 Å². The Morgan fingerprint density at radius 1 is 1.28 bits per heavy atom. The van der Waals surface area contributed by atoms with Gasteiger partial charge in [-0.2, -0.15) is 0 Å². The molecule has 2 aliphatic carbocycles. The summed E-state index contributed by atoms with van der Waals surface area (Å²) in [4.78, 5) is 14.0. The van der Waals surface area contributed by atoms with E-state index in [1.165, 1.54) is 19.3 Å². The molecule has 1 N–H and O–H groups in total. The lowest BCUT2D eigenvalue weighted by molar-refractivity contribution is 0.0233. The Kier molecular flexibility index (Phi) is 4.15. The van der Waals surface area contributed by atoms with Gasteiger partial charge in [-0.25, -0.2) is 4.79 Å². The van der Waals surface area contributed by atoms with Crippen molar-refractivity contribution in [2.75, 3.05) is 13.1 Å². The van der Waals surface area contributed by atoms with Gasteiger partial charge in [0, 0.05) is 25.2 Å². The molecule has 2 fully saturated rings. The molecule has 104 valence electrons. The summed E-state index contributed by atoms with van der Waals surface area (Å²) in [7, 11) is 0. The van der Waals surface area contributed by atoms with Gasteiger partial charge >= 0.3 is 6.09 Å². The summed E-state index contributed by atoms with van der Waals surface area (Å²) in [6.45, 7) is 7.42. The molecule has 0 heterocycles. The molecule has 0 unspecified atom stereocenters. The number of nitrogens with zero attached hydrogens (tertiary/aromatic N) is 1. The van der Waals surface area contributed by atoms with Crippen LogP contribution in [0.5, 0.6) is 0 Å². The van der Waals surface area contributed by atoms with Crippen molar-refractivity contribution in [1.82, 2.24) is 10.2 Å². The minimum Gasteiger partial charge on any atom is -0.444 e. The van der Waals surface area contributed by atoms with Crippen molar-refractivity contribution in [3.63, 3.8) is 0 Å². The van der Waals surface area contributed by atoms with Crippen molar-refractivity contribution in [1.29, 1.82) is 0 Å². The van der Waals surface area contributed by atoms with E-state index in [1.807, 2.05) is 25.7 Å². The van der Waals surface area contributed by atoms with E-state index >= 15 is 0 Å². The lowest BCUT2D eigenvalue weighted by atomic mass is 9.93. The summed E-state index contributed by atoms with van der Waals surface area (Å²) in [5.41, 5.74) is -0.397. The van der Waals surface area contributed by atoms with Crippen LogP contribution >= 0.6 is 0 Å². The number of nitrogens with one attached hydrogen (secondary N) is 1. The molecular weight excluding hydrogens is 228 g/mol. The van der Waals surface area contributed by atoms with Crippen LogP contribution in [0.15, 0.2) is 0 Å². The van der Waals surface area contributed by atoms with Crippen molar-refractivity contribution in [3.05, 3.63) is 0 Å². The number of ether oxygens (including phenoxy) is 1. The third-order valence-electron chi connectivity index (χ3n) is 3.51. The molecule has 0 aromatic carbocycles. The molecule has 0 aromatic rings. The molecule has 0 atom stereocenters. The fourth-order valence-corrected chi connectivity index (χ4v) is 2.13. The Morgan fingerprint density at radius 2 is 1.94 bits per heavy atom. The smallest absolute Gasteiger partial charge is 0.410 e. The predicted molar refractivity (Wildman–Crippen MR) is 71.6 cm³/mol. The average molecular weight is 254 g/mol. The molecule has 0 spiro atoms. The molecule has 0 saturated heterocycles. The molecule has 18 heavy (non-hydrogen) atoms. The maximum atomic E-state index is 12.1. The van der Waals surface area contributed by atoms with Gasteiger partial charge in [0.15, 0.2) is 0 Å². The van der Waals surface area contributed by atoms with Crippen molar-refractivity contribution < 1.29 is 9.53 Å². The number of hydrogen-bond donors (Lipinski definition) is 1. The second-order valence-corrected chi connectivity index (χ2v) is 6.49. The van der Waals surface area contributed by atoms with Crippen LogP contribution in [0.1, 0.15) is 52.9 Å². The van der Waals surface area contributed by atoms with Gasteiger partial charge in [-0.3, -0.25) is 0 Å². The Morgan fingerprint density at radius 3 is 2.39 bits per heavy atom. The molecule has 1 amide bonds. The van der Waals surface area contributed by atoms with E-state index in [2.05, 4.69) is 5.32 Å². The first-order valence-electron chi connectivity index (χ1n) is 7.19. The van der Waals surface area contributed by atoms with Crippen LogP contribution in [0.25, 0.3) is 0 Å². The van der Waals surface area contributed by atoms with Gasteiger partial charge in [0.1, 0.15) is 5.60 Å². The van der Waals surface area contributed by atoms with E-state index in [0.717, 1.165) is 25.9 Å². The first-order chi connectivity index (χ1) is 8.46. The normalized spacial score (nSPS) is 20.4. The summed E-state index contributed by atoms with van der Waals surface area (Å²) < 4.78 is 5.46. The summed E-state index contributed by atoms with van der Waals surface area (Å²) in [6.07, 6.45) is 6.02. The van der Waals surface area contributed by atoms with Gasteiger partial charge < -0.3 is 15.0 Å². The highest BCUT2D eigenvalue weighted by molar-refractivity contribution is 5.69. The largest absolute Gasteiger partial charge is 0.444 e. The Bertz CT molecular complexity index is 291. The Labute approximate surface area is 110 Å². The predicted octanol–water partition coefficient (Wildman–Crippen LogP) is 2.53. The summed E-state index contributed by atoms with van der Waals surface area (Å²) >= 11 is 0. The molecule has 2 saturated carbocycles. The zero-order valence-corrected chi connectivity index (χ0v) is 11.9. The molecule has 4 heteroatoms. The highest BCUT2D eigenvalue weighted by Gasteiger charge is 2.34. The van der Waals surface area contributed by atoms with Crippen molar-refractivity contribution in [3.8, 4) is 0 Å². The standard InChI is InChI=1S/C14H26N2O2/c1-14(2,3)18-13(17)16(12-7-8-12)10-9-15-11-5-4-6-11/h11-12,15H,4-10H2,1-3H3. The molecule has 4 nitrogen and oxygen atoms in total. The van der Waals surface area contributed by atoms with Gasteiger partial charge in [-0.05, 0) is 46.5 Å². The second-order valence-electron chi connectivity index (χ2n) is 6.49. The van der Waals surface area contributed by atoms with Crippen LogP contribution < -0.4 is 5.32 Å². The van der Waals surface area contributed by atoms with Crippen LogP contribution in [0.4, 0.5) is 4.79 Å². The molecule has 0 radical (unpaired) electrons. The maximum Gasteiger partial charge on any atom is 0.410 e. The van der Waals surface area contributed by atoms with Crippen molar-refractivity contribution in [2.24, 2.45) is 0 Å². The lowest BCUT2D eigenvalue weighted by Crippen LogP contribution is -2.44. The first kappa shape index (κ1) is 13.7. The van der Waals surface area contributed by atoms with E-state index in [9.17, 15) is 4.79 Å². The SMILES string of the molecule is CC(C)(C)OC(=O)N(CCNC1CCC1)C1CC1. The maximum absolute atomic E-state index is 12.1.